The lowest BCUT2D eigenvalue weighted by atomic mass is 9.99. The fourth-order valence-corrected chi connectivity index (χ4v) is 1.74. The molecule has 0 saturated heterocycles. The third-order valence-corrected chi connectivity index (χ3v) is 2.72. The summed E-state index contributed by atoms with van der Waals surface area (Å²) in [7, 11) is 1.81. The van der Waals surface area contributed by atoms with Crippen molar-refractivity contribution in [3.8, 4) is 5.75 Å². The molecule has 1 aromatic rings. The number of nitrogens with two attached hydrogens (primary N) is 1. The van der Waals surface area contributed by atoms with Crippen molar-refractivity contribution in [2.24, 2.45) is 5.73 Å². The predicted octanol–water partition coefficient (Wildman–Crippen LogP) is 1.19. The first-order chi connectivity index (χ1) is 8.60. The number of nitrogens with one attached hydrogen (secondary N) is 1. The minimum atomic E-state index is -0.935. The van der Waals surface area contributed by atoms with Gasteiger partial charge in [-0.25, -0.2) is 4.39 Å². The predicted molar refractivity (Wildman–Crippen MR) is 69.0 cm³/mol. The van der Waals surface area contributed by atoms with Crippen molar-refractivity contribution in [2.45, 2.75) is 25.5 Å². The van der Waals surface area contributed by atoms with Crippen molar-refractivity contribution in [2.75, 3.05) is 20.2 Å². The van der Waals surface area contributed by atoms with Gasteiger partial charge in [0.15, 0.2) is 0 Å². The van der Waals surface area contributed by atoms with E-state index in [9.17, 15) is 9.50 Å². The highest BCUT2D eigenvalue weighted by atomic mass is 19.1. The molecule has 2 unspecified atom stereocenters. The maximum Gasteiger partial charge on any atom is 0.125 e. The van der Waals surface area contributed by atoms with Crippen LogP contribution in [0.2, 0.25) is 0 Å². The highest BCUT2D eigenvalue weighted by molar-refractivity contribution is 5.36. The van der Waals surface area contributed by atoms with Gasteiger partial charge in [0.05, 0.1) is 12.7 Å². The van der Waals surface area contributed by atoms with Gasteiger partial charge in [0.25, 0.3) is 0 Å². The van der Waals surface area contributed by atoms with E-state index in [0.29, 0.717) is 30.9 Å². The van der Waals surface area contributed by atoms with E-state index in [-0.39, 0.29) is 0 Å². The topological polar surface area (TPSA) is 67.5 Å². The van der Waals surface area contributed by atoms with E-state index in [0.717, 1.165) is 0 Å². The summed E-state index contributed by atoms with van der Waals surface area (Å²) in [6.45, 7) is 2.98. The average Bonchev–Trinajstić information content (AvgIpc) is 2.37. The van der Waals surface area contributed by atoms with Crippen molar-refractivity contribution < 1.29 is 14.2 Å². The summed E-state index contributed by atoms with van der Waals surface area (Å²) < 4.78 is 18.6. The molecule has 0 spiro atoms. The molecule has 0 amide bonds. The smallest absolute Gasteiger partial charge is 0.125 e. The molecule has 1 aromatic carbocycles. The van der Waals surface area contributed by atoms with E-state index in [1.807, 2.05) is 14.0 Å². The number of hydrogen-bond donors (Lipinski definition) is 3. The molecule has 0 aromatic heterocycles. The van der Waals surface area contributed by atoms with Crippen LogP contribution >= 0.6 is 0 Å². The Bertz CT molecular complexity index is 374. The van der Waals surface area contributed by atoms with Gasteiger partial charge in [-0.1, -0.05) is 0 Å². The van der Waals surface area contributed by atoms with E-state index in [4.69, 9.17) is 10.5 Å². The number of hydrogen-bond acceptors (Lipinski definition) is 4. The molecular formula is C13H21FN2O2. The number of halogens is 1. The van der Waals surface area contributed by atoms with Crippen LogP contribution < -0.4 is 15.8 Å². The Kier molecular flexibility index (Phi) is 6.04. The van der Waals surface area contributed by atoms with Gasteiger partial charge in [-0.2, -0.15) is 0 Å². The summed E-state index contributed by atoms with van der Waals surface area (Å²) in [5.74, 6) is 0.0691. The van der Waals surface area contributed by atoms with Gasteiger partial charge >= 0.3 is 0 Å². The summed E-state index contributed by atoms with van der Waals surface area (Å²) in [5.41, 5.74) is 6.29. The zero-order valence-electron chi connectivity index (χ0n) is 10.8. The first kappa shape index (κ1) is 14.9. The van der Waals surface area contributed by atoms with Crippen LogP contribution in [-0.4, -0.2) is 31.3 Å². The number of aliphatic hydroxyl groups excluding tert-OH is 1. The fourth-order valence-electron chi connectivity index (χ4n) is 1.74. The lowest BCUT2D eigenvalue weighted by molar-refractivity contribution is 0.137. The number of benzene rings is 1. The van der Waals surface area contributed by atoms with Gasteiger partial charge in [-0.3, -0.25) is 0 Å². The third kappa shape index (κ3) is 3.94. The molecule has 0 aliphatic heterocycles. The van der Waals surface area contributed by atoms with Gasteiger partial charge in [0.2, 0.25) is 0 Å². The highest BCUT2D eigenvalue weighted by Crippen LogP contribution is 2.28. The molecule has 0 saturated carbocycles. The Morgan fingerprint density at radius 1 is 1.50 bits per heavy atom. The molecule has 0 aliphatic carbocycles. The first-order valence-corrected chi connectivity index (χ1v) is 6.10. The van der Waals surface area contributed by atoms with Gasteiger partial charge in [-0.05, 0) is 45.1 Å². The monoisotopic (exact) mass is 256 g/mol. The van der Waals surface area contributed by atoms with Gasteiger partial charge in [-0.15, -0.1) is 0 Å². The molecule has 18 heavy (non-hydrogen) atoms. The summed E-state index contributed by atoms with van der Waals surface area (Å²) in [6.07, 6.45) is -0.338. The maximum atomic E-state index is 13.2. The lowest BCUT2D eigenvalue weighted by Crippen LogP contribution is -2.31. The van der Waals surface area contributed by atoms with Crippen LogP contribution in [0, 0.1) is 5.82 Å². The Hall–Kier alpha value is -1.17. The molecule has 4 nitrogen and oxygen atoms in total. The molecule has 0 heterocycles. The van der Waals surface area contributed by atoms with Gasteiger partial charge < -0.3 is 20.9 Å². The number of aliphatic hydroxyl groups is 1. The fraction of sp³-hybridized carbons (Fsp3) is 0.538. The Labute approximate surface area is 107 Å². The molecule has 4 N–H and O–H groups in total. The summed E-state index contributed by atoms with van der Waals surface area (Å²) in [5, 5.41) is 13.1. The van der Waals surface area contributed by atoms with Crippen LogP contribution in [0.25, 0.3) is 0 Å². The van der Waals surface area contributed by atoms with Gasteiger partial charge in [0.1, 0.15) is 11.6 Å². The zero-order valence-corrected chi connectivity index (χ0v) is 10.8. The second kappa shape index (κ2) is 7.31. The number of ether oxygens (including phenoxy) is 1. The minimum Gasteiger partial charge on any atom is -0.493 e. The molecular weight excluding hydrogens is 235 g/mol. The third-order valence-electron chi connectivity index (χ3n) is 2.72. The van der Waals surface area contributed by atoms with Crippen molar-refractivity contribution in [1.82, 2.24) is 5.32 Å². The second-order valence-corrected chi connectivity index (χ2v) is 4.12. The Balaban J connectivity index is 2.87. The maximum absolute atomic E-state index is 13.2. The van der Waals surface area contributed by atoms with Crippen LogP contribution in [0.3, 0.4) is 0 Å². The van der Waals surface area contributed by atoms with Crippen molar-refractivity contribution >= 4 is 0 Å². The Morgan fingerprint density at radius 3 is 2.83 bits per heavy atom. The molecule has 0 fully saturated rings. The molecule has 0 radical (unpaired) electrons. The molecule has 5 heteroatoms. The summed E-state index contributed by atoms with van der Waals surface area (Å²) >= 11 is 0. The minimum absolute atomic E-state index is 0.403. The quantitative estimate of drug-likeness (QED) is 0.685. The molecule has 0 aliphatic rings. The first-order valence-electron chi connectivity index (χ1n) is 6.10. The van der Waals surface area contributed by atoms with Crippen molar-refractivity contribution in [3.63, 3.8) is 0 Å². The van der Waals surface area contributed by atoms with Gasteiger partial charge in [0, 0.05) is 11.6 Å². The van der Waals surface area contributed by atoms with Crippen molar-refractivity contribution in [1.29, 1.82) is 0 Å². The number of rotatable bonds is 7. The van der Waals surface area contributed by atoms with Crippen LogP contribution in [0.15, 0.2) is 18.2 Å². The van der Waals surface area contributed by atoms with Crippen LogP contribution in [-0.2, 0) is 0 Å². The van der Waals surface area contributed by atoms with Crippen LogP contribution in [0.5, 0.6) is 5.75 Å². The molecule has 102 valence electrons. The average molecular weight is 256 g/mol. The standard InChI is InChI=1S/C13H21FN2O2/c1-3-18-12-5-4-9(14)8-10(12)13(17)11(15)6-7-16-2/h4-5,8,11,13,16-17H,3,6-7,15H2,1-2H3. The molecule has 0 bridgehead atoms. The normalized spacial score (nSPS) is 14.3. The summed E-state index contributed by atoms with van der Waals surface area (Å²) in [4.78, 5) is 0. The largest absolute Gasteiger partial charge is 0.493 e. The highest BCUT2D eigenvalue weighted by Gasteiger charge is 2.21. The molecule has 1 rings (SSSR count). The Morgan fingerprint density at radius 2 is 2.22 bits per heavy atom. The second-order valence-electron chi connectivity index (χ2n) is 4.12. The van der Waals surface area contributed by atoms with E-state index in [1.54, 1.807) is 0 Å². The van der Waals surface area contributed by atoms with Crippen molar-refractivity contribution in [3.05, 3.63) is 29.6 Å². The van der Waals surface area contributed by atoms with Crippen LogP contribution in [0.4, 0.5) is 4.39 Å². The zero-order chi connectivity index (χ0) is 13.5. The lowest BCUT2D eigenvalue weighted by Gasteiger charge is -2.21. The van der Waals surface area contributed by atoms with E-state index < -0.39 is 18.0 Å². The van der Waals surface area contributed by atoms with Crippen LogP contribution in [0.1, 0.15) is 25.0 Å². The van der Waals surface area contributed by atoms with E-state index in [2.05, 4.69) is 5.32 Å². The SMILES string of the molecule is CCOc1ccc(F)cc1C(O)C(N)CCNC. The van der Waals surface area contributed by atoms with E-state index >= 15 is 0 Å². The molecule has 2 atom stereocenters. The van der Waals surface area contributed by atoms with E-state index in [1.165, 1.54) is 18.2 Å². The summed E-state index contributed by atoms with van der Waals surface area (Å²) in [6, 6.07) is 3.63.